The topological polar surface area (TPSA) is 52.0 Å². The summed E-state index contributed by atoms with van der Waals surface area (Å²) in [5.41, 5.74) is 7.12. The largest absolute Gasteiger partial charge is 0.380 e. The van der Waals surface area contributed by atoms with Crippen LogP contribution in [0.3, 0.4) is 0 Å². The van der Waals surface area contributed by atoms with E-state index >= 15 is 0 Å². The lowest BCUT2D eigenvalue weighted by atomic mass is 10.0. The van der Waals surface area contributed by atoms with Crippen molar-refractivity contribution in [1.82, 2.24) is 5.16 Å². The molecule has 0 aliphatic carbocycles. The van der Waals surface area contributed by atoms with Gasteiger partial charge in [-0.15, -0.1) is 0 Å². The van der Waals surface area contributed by atoms with Crippen molar-refractivity contribution in [2.45, 2.75) is 0 Å². The number of nitrogens with two attached hydrogens (primary N) is 1. The second kappa shape index (κ2) is 5.50. The van der Waals surface area contributed by atoms with E-state index < -0.39 is 5.82 Å². The number of anilines is 1. The fourth-order valence-corrected chi connectivity index (χ4v) is 2.60. The maximum Gasteiger partial charge on any atom is 0.177 e. The molecule has 0 radical (unpaired) electrons. The van der Waals surface area contributed by atoms with Crippen LogP contribution in [0.2, 0.25) is 5.02 Å². The highest BCUT2D eigenvalue weighted by molar-refractivity contribution is 9.10. The van der Waals surface area contributed by atoms with Gasteiger partial charge in [0.2, 0.25) is 0 Å². The summed E-state index contributed by atoms with van der Waals surface area (Å²) in [7, 11) is 0. The Bertz CT molecular complexity index is 782. The minimum absolute atomic E-state index is 0.0971. The Kier molecular flexibility index (Phi) is 3.69. The number of benzene rings is 2. The van der Waals surface area contributed by atoms with E-state index in [1.54, 1.807) is 6.07 Å². The first-order chi connectivity index (χ1) is 10.1. The summed E-state index contributed by atoms with van der Waals surface area (Å²) in [5.74, 6) is 0.00248. The molecule has 0 atom stereocenters. The SMILES string of the molecule is Nc1noc(-c2ccc(Br)cc2)c1-c1c(F)cccc1Cl. The summed E-state index contributed by atoms with van der Waals surface area (Å²) in [6.07, 6.45) is 0. The maximum atomic E-state index is 14.1. The normalized spacial score (nSPS) is 10.8. The first-order valence-corrected chi connectivity index (χ1v) is 7.20. The van der Waals surface area contributed by atoms with E-state index in [4.69, 9.17) is 21.9 Å². The van der Waals surface area contributed by atoms with Crippen LogP contribution in [0.15, 0.2) is 51.5 Å². The van der Waals surface area contributed by atoms with Crippen molar-refractivity contribution in [1.29, 1.82) is 0 Å². The van der Waals surface area contributed by atoms with Crippen molar-refractivity contribution in [3.8, 4) is 22.5 Å². The van der Waals surface area contributed by atoms with Gasteiger partial charge < -0.3 is 10.3 Å². The molecule has 0 unspecified atom stereocenters. The second-order valence-corrected chi connectivity index (χ2v) is 5.70. The van der Waals surface area contributed by atoms with Gasteiger partial charge in [0.25, 0.3) is 0 Å². The van der Waals surface area contributed by atoms with Crippen LogP contribution in [-0.2, 0) is 0 Å². The summed E-state index contributed by atoms with van der Waals surface area (Å²) in [5, 5.41) is 3.99. The molecule has 0 spiro atoms. The predicted molar refractivity (Wildman–Crippen MR) is 84.5 cm³/mol. The zero-order valence-corrected chi connectivity index (χ0v) is 13.0. The van der Waals surface area contributed by atoms with Gasteiger partial charge in [-0.3, -0.25) is 0 Å². The second-order valence-electron chi connectivity index (χ2n) is 4.38. The Morgan fingerprint density at radius 3 is 2.48 bits per heavy atom. The first kappa shape index (κ1) is 14.1. The molecular formula is C15H9BrClFN2O. The summed E-state index contributed by atoms with van der Waals surface area (Å²) in [6, 6.07) is 11.8. The van der Waals surface area contributed by atoms with Crippen LogP contribution in [0, 0.1) is 5.82 Å². The van der Waals surface area contributed by atoms with Crippen LogP contribution in [-0.4, -0.2) is 5.16 Å². The van der Waals surface area contributed by atoms with Gasteiger partial charge in [-0.25, -0.2) is 4.39 Å². The molecule has 2 aromatic carbocycles. The highest BCUT2D eigenvalue weighted by atomic mass is 79.9. The Hall–Kier alpha value is -1.85. The molecule has 0 aliphatic rings. The average molecular weight is 368 g/mol. The van der Waals surface area contributed by atoms with Gasteiger partial charge in [-0.05, 0) is 36.4 Å². The zero-order valence-electron chi connectivity index (χ0n) is 10.6. The summed E-state index contributed by atoms with van der Waals surface area (Å²) >= 11 is 9.46. The van der Waals surface area contributed by atoms with Crippen LogP contribution in [0.4, 0.5) is 10.2 Å². The van der Waals surface area contributed by atoms with Crippen LogP contribution in [0.1, 0.15) is 0 Å². The number of hydrogen-bond acceptors (Lipinski definition) is 3. The van der Waals surface area contributed by atoms with Gasteiger partial charge in [-0.1, -0.05) is 38.8 Å². The molecule has 106 valence electrons. The Labute approximate surface area is 133 Å². The van der Waals surface area contributed by atoms with Gasteiger partial charge in [0.1, 0.15) is 5.82 Å². The van der Waals surface area contributed by atoms with E-state index in [2.05, 4.69) is 21.1 Å². The molecule has 2 N–H and O–H groups in total. The third-order valence-electron chi connectivity index (χ3n) is 3.04. The van der Waals surface area contributed by atoms with Crippen LogP contribution >= 0.6 is 27.5 Å². The fourth-order valence-electron chi connectivity index (χ4n) is 2.08. The standard InChI is InChI=1S/C15H9BrClFN2O/c16-9-6-4-8(5-7-9)14-13(15(19)20-21-14)12-10(17)2-1-3-11(12)18/h1-7H,(H2,19,20). The van der Waals surface area contributed by atoms with E-state index in [9.17, 15) is 4.39 Å². The van der Waals surface area contributed by atoms with E-state index in [1.807, 2.05) is 24.3 Å². The van der Waals surface area contributed by atoms with Crippen molar-refractivity contribution >= 4 is 33.3 Å². The summed E-state index contributed by atoms with van der Waals surface area (Å²) in [4.78, 5) is 0. The quantitative estimate of drug-likeness (QED) is 0.682. The number of nitrogens with zero attached hydrogens (tertiary/aromatic N) is 1. The Balaban J connectivity index is 2.25. The van der Waals surface area contributed by atoms with E-state index in [-0.39, 0.29) is 16.4 Å². The van der Waals surface area contributed by atoms with Crippen molar-refractivity contribution in [3.63, 3.8) is 0 Å². The van der Waals surface area contributed by atoms with Gasteiger partial charge in [-0.2, -0.15) is 0 Å². The molecule has 3 aromatic rings. The molecular weight excluding hydrogens is 359 g/mol. The Morgan fingerprint density at radius 1 is 1.10 bits per heavy atom. The van der Waals surface area contributed by atoms with Crippen molar-refractivity contribution in [2.75, 3.05) is 5.73 Å². The van der Waals surface area contributed by atoms with E-state index in [1.165, 1.54) is 12.1 Å². The van der Waals surface area contributed by atoms with E-state index in [0.29, 0.717) is 11.3 Å². The number of halogens is 3. The van der Waals surface area contributed by atoms with Gasteiger partial charge in [0.15, 0.2) is 11.6 Å². The summed E-state index contributed by atoms with van der Waals surface area (Å²) < 4.78 is 20.3. The molecule has 3 rings (SSSR count). The third-order valence-corrected chi connectivity index (χ3v) is 3.88. The molecule has 0 saturated carbocycles. The smallest absolute Gasteiger partial charge is 0.177 e. The van der Waals surface area contributed by atoms with Crippen LogP contribution < -0.4 is 5.73 Å². The van der Waals surface area contributed by atoms with Gasteiger partial charge in [0, 0.05) is 15.6 Å². The number of rotatable bonds is 2. The van der Waals surface area contributed by atoms with Crippen LogP contribution in [0.25, 0.3) is 22.5 Å². The minimum atomic E-state index is -0.476. The van der Waals surface area contributed by atoms with Crippen molar-refractivity contribution in [2.24, 2.45) is 0 Å². The molecule has 0 saturated heterocycles. The van der Waals surface area contributed by atoms with Crippen LogP contribution in [0.5, 0.6) is 0 Å². The predicted octanol–water partition coefficient (Wildman–Crippen LogP) is 5.15. The lowest BCUT2D eigenvalue weighted by Crippen LogP contribution is -1.92. The molecule has 0 bridgehead atoms. The average Bonchev–Trinajstić information content (AvgIpc) is 2.82. The number of nitrogen functional groups attached to an aromatic ring is 1. The molecule has 1 aromatic heterocycles. The molecule has 0 aliphatic heterocycles. The third kappa shape index (κ3) is 2.54. The monoisotopic (exact) mass is 366 g/mol. The van der Waals surface area contributed by atoms with E-state index in [0.717, 1.165) is 10.0 Å². The lowest BCUT2D eigenvalue weighted by Gasteiger charge is -2.06. The number of aromatic nitrogens is 1. The summed E-state index contributed by atoms with van der Waals surface area (Å²) in [6.45, 7) is 0. The van der Waals surface area contributed by atoms with Crippen molar-refractivity contribution in [3.05, 3.63) is 57.8 Å². The minimum Gasteiger partial charge on any atom is -0.380 e. The van der Waals surface area contributed by atoms with Gasteiger partial charge in [0.05, 0.1) is 10.6 Å². The molecule has 21 heavy (non-hydrogen) atoms. The molecule has 0 fully saturated rings. The van der Waals surface area contributed by atoms with Gasteiger partial charge >= 0.3 is 0 Å². The first-order valence-electron chi connectivity index (χ1n) is 6.03. The molecule has 3 nitrogen and oxygen atoms in total. The zero-order chi connectivity index (χ0) is 15.0. The maximum absolute atomic E-state index is 14.1. The number of hydrogen-bond donors (Lipinski definition) is 1. The lowest BCUT2D eigenvalue weighted by molar-refractivity contribution is 0.436. The fraction of sp³-hybridized carbons (Fsp3) is 0. The highest BCUT2D eigenvalue weighted by Crippen LogP contribution is 2.41. The molecule has 6 heteroatoms. The Morgan fingerprint density at radius 2 is 1.81 bits per heavy atom. The van der Waals surface area contributed by atoms with Crippen molar-refractivity contribution < 1.29 is 8.91 Å². The molecule has 0 amide bonds. The molecule has 1 heterocycles. The highest BCUT2D eigenvalue weighted by Gasteiger charge is 2.22.